The Labute approximate surface area is 108 Å². The smallest absolute Gasteiger partial charge is 0.221 e. The molecule has 2 aromatic rings. The summed E-state index contributed by atoms with van der Waals surface area (Å²) in [7, 11) is 0. The third-order valence-electron chi connectivity index (χ3n) is 2.34. The molecule has 1 aromatic carbocycles. The van der Waals surface area contributed by atoms with Crippen molar-refractivity contribution in [3.05, 3.63) is 34.4 Å². The van der Waals surface area contributed by atoms with E-state index in [2.05, 4.69) is 31.4 Å². The van der Waals surface area contributed by atoms with Crippen molar-refractivity contribution in [2.45, 2.75) is 13.8 Å². The number of aryl methyl sites for hydroxylation is 1. The fourth-order valence-electron chi connectivity index (χ4n) is 1.57. The summed E-state index contributed by atoms with van der Waals surface area (Å²) >= 11 is 3.48. The van der Waals surface area contributed by atoms with E-state index in [1.54, 1.807) is 0 Å². The van der Waals surface area contributed by atoms with E-state index < -0.39 is 0 Å². The second-order valence-electron chi connectivity index (χ2n) is 3.76. The summed E-state index contributed by atoms with van der Waals surface area (Å²) in [5.74, 6) is -0.0815. The fraction of sp³-hybridized carbons (Fsp3) is 0.167. The number of rotatable bonds is 2. The largest absolute Gasteiger partial charge is 0.326 e. The standard InChI is InChI=1S/C12H12BrN3O/c1-7-11(13)12(16-15-7)9-4-3-5-10(6-9)14-8(2)17/h3-6H,1-2H3,(H,14,17)(H,15,16). The van der Waals surface area contributed by atoms with Crippen LogP contribution in [-0.2, 0) is 4.79 Å². The molecule has 0 unspecified atom stereocenters. The first-order valence-corrected chi connectivity index (χ1v) is 5.95. The number of benzene rings is 1. The van der Waals surface area contributed by atoms with E-state index in [0.717, 1.165) is 27.1 Å². The highest BCUT2D eigenvalue weighted by atomic mass is 79.9. The summed E-state index contributed by atoms with van der Waals surface area (Å²) in [4.78, 5) is 11.0. The average Bonchev–Trinajstić information content (AvgIpc) is 2.59. The monoisotopic (exact) mass is 293 g/mol. The summed E-state index contributed by atoms with van der Waals surface area (Å²) in [6, 6.07) is 7.60. The SMILES string of the molecule is CC(=O)Nc1cccc(-c2[nH]nc(C)c2Br)c1. The quantitative estimate of drug-likeness (QED) is 0.894. The van der Waals surface area contributed by atoms with Gasteiger partial charge in [-0.1, -0.05) is 12.1 Å². The van der Waals surface area contributed by atoms with E-state index in [4.69, 9.17) is 0 Å². The number of hydrogen-bond acceptors (Lipinski definition) is 2. The molecule has 0 spiro atoms. The van der Waals surface area contributed by atoms with Gasteiger partial charge in [0.2, 0.25) is 5.91 Å². The molecule has 0 fully saturated rings. The highest BCUT2D eigenvalue weighted by Crippen LogP contribution is 2.29. The molecule has 88 valence electrons. The molecule has 0 aliphatic heterocycles. The third-order valence-corrected chi connectivity index (χ3v) is 3.31. The Balaban J connectivity index is 2.39. The number of anilines is 1. The van der Waals surface area contributed by atoms with E-state index in [1.165, 1.54) is 6.92 Å². The van der Waals surface area contributed by atoms with Crippen LogP contribution in [0.2, 0.25) is 0 Å². The van der Waals surface area contributed by atoms with E-state index >= 15 is 0 Å². The van der Waals surface area contributed by atoms with Crippen molar-refractivity contribution < 1.29 is 4.79 Å². The summed E-state index contributed by atoms with van der Waals surface area (Å²) in [6.45, 7) is 3.41. The minimum Gasteiger partial charge on any atom is -0.326 e. The molecular weight excluding hydrogens is 282 g/mol. The van der Waals surface area contributed by atoms with E-state index in [1.807, 2.05) is 31.2 Å². The van der Waals surface area contributed by atoms with Gasteiger partial charge in [-0.05, 0) is 35.0 Å². The van der Waals surface area contributed by atoms with Crippen molar-refractivity contribution in [3.63, 3.8) is 0 Å². The minimum absolute atomic E-state index is 0.0815. The predicted molar refractivity (Wildman–Crippen MR) is 70.8 cm³/mol. The van der Waals surface area contributed by atoms with Crippen LogP contribution in [0.25, 0.3) is 11.3 Å². The molecule has 2 N–H and O–H groups in total. The van der Waals surface area contributed by atoms with Gasteiger partial charge in [-0.15, -0.1) is 0 Å². The molecule has 4 nitrogen and oxygen atoms in total. The molecule has 17 heavy (non-hydrogen) atoms. The van der Waals surface area contributed by atoms with Crippen LogP contribution in [0.1, 0.15) is 12.6 Å². The maximum absolute atomic E-state index is 11.0. The van der Waals surface area contributed by atoms with Crippen LogP contribution >= 0.6 is 15.9 Å². The zero-order valence-corrected chi connectivity index (χ0v) is 11.1. The van der Waals surface area contributed by atoms with Gasteiger partial charge in [-0.3, -0.25) is 9.89 Å². The summed E-state index contributed by atoms with van der Waals surface area (Å²) in [6.07, 6.45) is 0. The van der Waals surface area contributed by atoms with Gasteiger partial charge in [0, 0.05) is 18.2 Å². The molecule has 0 saturated heterocycles. The lowest BCUT2D eigenvalue weighted by atomic mass is 10.1. The number of amides is 1. The number of hydrogen-bond donors (Lipinski definition) is 2. The van der Waals surface area contributed by atoms with Crippen LogP contribution in [-0.4, -0.2) is 16.1 Å². The summed E-state index contributed by atoms with van der Waals surface area (Å²) in [5, 5.41) is 9.84. The van der Waals surface area contributed by atoms with Crippen LogP contribution in [0, 0.1) is 6.92 Å². The van der Waals surface area contributed by atoms with Crippen LogP contribution in [0.4, 0.5) is 5.69 Å². The first kappa shape index (κ1) is 11.9. The molecule has 1 heterocycles. The number of aromatic amines is 1. The zero-order chi connectivity index (χ0) is 12.4. The lowest BCUT2D eigenvalue weighted by Crippen LogP contribution is -2.05. The van der Waals surface area contributed by atoms with Gasteiger partial charge in [-0.2, -0.15) is 5.10 Å². The number of aromatic nitrogens is 2. The van der Waals surface area contributed by atoms with Crippen LogP contribution in [0.5, 0.6) is 0 Å². The Morgan fingerprint density at radius 3 is 2.82 bits per heavy atom. The number of H-pyrrole nitrogens is 1. The summed E-state index contributed by atoms with van der Waals surface area (Å²) < 4.78 is 0.942. The Bertz CT molecular complexity index is 563. The number of halogens is 1. The van der Waals surface area contributed by atoms with Crippen molar-refractivity contribution in [1.82, 2.24) is 10.2 Å². The molecule has 0 radical (unpaired) electrons. The molecule has 2 rings (SSSR count). The third kappa shape index (κ3) is 2.55. The van der Waals surface area contributed by atoms with Crippen LogP contribution in [0.3, 0.4) is 0 Å². The van der Waals surface area contributed by atoms with Gasteiger partial charge < -0.3 is 5.32 Å². The van der Waals surface area contributed by atoms with Crippen molar-refractivity contribution in [3.8, 4) is 11.3 Å². The molecule has 0 saturated carbocycles. The molecule has 0 aliphatic rings. The molecule has 0 atom stereocenters. The maximum Gasteiger partial charge on any atom is 0.221 e. The highest BCUT2D eigenvalue weighted by molar-refractivity contribution is 9.10. The van der Waals surface area contributed by atoms with E-state index in [9.17, 15) is 4.79 Å². The number of carbonyl (C=O) groups is 1. The van der Waals surface area contributed by atoms with Crippen LogP contribution in [0.15, 0.2) is 28.7 Å². The van der Waals surface area contributed by atoms with Crippen molar-refractivity contribution in [2.24, 2.45) is 0 Å². The van der Waals surface area contributed by atoms with Gasteiger partial charge in [0.05, 0.1) is 15.9 Å². The van der Waals surface area contributed by atoms with E-state index in [0.29, 0.717) is 0 Å². The summed E-state index contributed by atoms with van der Waals surface area (Å²) in [5.41, 5.74) is 3.57. The van der Waals surface area contributed by atoms with Gasteiger partial charge in [0.1, 0.15) is 0 Å². The molecule has 5 heteroatoms. The first-order chi connectivity index (χ1) is 8.08. The average molecular weight is 294 g/mol. The van der Waals surface area contributed by atoms with Crippen molar-refractivity contribution in [1.29, 1.82) is 0 Å². The molecular formula is C12H12BrN3O. The van der Waals surface area contributed by atoms with Gasteiger partial charge in [-0.25, -0.2) is 0 Å². The van der Waals surface area contributed by atoms with Gasteiger partial charge >= 0.3 is 0 Å². The Morgan fingerprint density at radius 1 is 1.47 bits per heavy atom. The minimum atomic E-state index is -0.0815. The first-order valence-electron chi connectivity index (χ1n) is 5.16. The highest BCUT2D eigenvalue weighted by Gasteiger charge is 2.09. The second-order valence-corrected chi connectivity index (χ2v) is 4.55. The molecule has 1 amide bonds. The zero-order valence-electron chi connectivity index (χ0n) is 9.54. The number of nitrogens with zero attached hydrogens (tertiary/aromatic N) is 1. The number of nitrogens with one attached hydrogen (secondary N) is 2. The molecule has 0 aliphatic carbocycles. The van der Waals surface area contributed by atoms with Gasteiger partial charge in [0.25, 0.3) is 0 Å². The Morgan fingerprint density at radius 2 is 2.24 bits per heavy atom. The van der Waals surface area contributed by atoms with E-state index in [-0.39, 0.29) is 5.91 Å². The number of carbonyl (C=O) groups excluding carboxylic acids is 1. The van der Waals surface area contributed by atoms with Crippen molar-refractivity contribution >= 4 is 27.5 Å². The predicted octanol–water partition coefficient (Wildman–Crippen LogP) is 3.11. The maximum atomic E-state index is 11.0. The second kappa shape index (κ2) is 4.71. The normalized spacial score (nSPS) is 10.3. The topological polar surface area (TPSA) is 57.8 Å². The molecule has 1 aromatic heterocycles. The lowest BCUT2D eigenvalue weighted by molar-refractivity contribution is -0.114. The fourth-order valence-corrected chi connectivity index (χ4v) is 1.97. The Hall–Kier alpha value is -1.62. The van der Waals surface area contributed by atoms with Crippen LogP contribution < -0.4 is 5.32 Å². The van der Waals surface area contributed by atoms with Gasteiger partial charge in [0.15, 0.2) is 0 Å². The molecule has 0 bridgehead atoms. The van der Waals surface area contributed by atoms with Crippen molar-refractivity contribution in [2.75, 3.05) is 5.32 Å². The Kier molecular flexibility index (Phi) is 3.28. The lowest BCUT2D eigenvalue weighted by Gasteiger charge is -2.04.